The molecular weight excluding hydrogens is 430 g/mol. The Morgan fingerprint density at radius 3 is 2.81 bits per heavy atom. The molecule has 1 N–H and O–H groups in total. The molecule has 0 saturated carbocycles. The Kier molecular flexibility index (Phi) is 6.83. The Bertz CT molecular complexity index is 873. The first-order valence-electron chi connectivity index (χ1n) is 8.21. The first-order valence-corrected chi connectivity index (χ1v) is 9.98. The molecule has 1 aromatic carbocycles. The zero-order valence-corrected chi connectivity index (χ0v) is 17.0. The maximum absolute atomic E-state index is 12.2. The number of halogens is 1. The summed E-state index contributed by atoms with van der Waals surface area (Å²) in [5, 5.41) is 7.48. The van der Waals surface area contributed by atoms with Crippen molar-refractivity contribution >= 4 is 33.6 Å². The summed E-state index contributed by atoms with van der Waals surface area (Å²) in [7, 11) is 1.76. The van der Waals surface area contributed by atoms with Gasteiger partial charge in [-0.15, -0.1) is 5.10 Å². The molecule has 27 heavy (non-hydrogen) atoms. The maximum Gasteiger partial charge on any atom is 0.232 e. The van der Waals surface area contributed by atoms with Crippen LogP contribution in [0.15, 0.2) is 58.3 Å². The van der Waals surface area contributed by atoms with Crippen LogP contribution in [0.2, 0.25) is 0 Å². The molecule has 0 aliphatic carbocycles. The van der Waals surface area contributed by atoms with E-state index in [4.69, 9.17) is 4.74 Å². The number of ether oxygens (including phenoxy) is 1. The number of hydrogen-bond acceptors (Lipinski definition) is 6. The first kappa shape index (κ1) is 19.4. The second kappa shape index (κ2) is 9.52. The van der Waals surface area contributed by atoms with Gasteiger partial charge in [0.1, 0.15) is 18.1 Å². The molecule has 0 atom stereocenters. The number of hydrogen-bond donors (Lipinski definition) is 1. The largest absolute Gasteiger partial charge is 0.492 e. The van der Waals surface area contributed by atoms with Crippen molar-refractivity contribution in [1.82, 2.24) is 25.1 Å². The predicted molar refractivity (Wildman–Crippen MR) is 108 cm³/mol. The van der Waals surface area contributed by atoms with Crippen molar-refractivity contribution in [3.8, 4) is 17.3 Å². The summed E-state index contributed by atoms with van der Waals surface area (Å²) in [4.78, 5) is 22.5. The van der Waals surface area contributed by atoms with Gasteiger partial charge in [0.2, 0.25) is 11.1 Å². The van der Waals surface area contributed by atoms with Crippen LogP contribution in [0.3, 0.4) is 0 Å². The minimum Gasteiger partial charge on any atom is -0.492 e. The minimum atomic E-state index is -0.0106. The van der Waals surface area contributed by atoms with Crippen molar-refractivity contribution in [1.29, 1.82) is 0 Å². The highest BCUT2D eigenvalue weighted by atomic mass is 79.9. The third-order valence-corrected chi connectivity index (χ3v) is 4.99. The van der Waals surface area contributed by atoms with Crippen LogP contribution < -0.4 is 4.74 Å². The number of carbonyl (C=O) groups excluding carboxylic acids is 1. The van der Waals surface area contributed by atoms with Crippen molar-refractivity contribution in [2.75, 3.05) is 26.0 Å². The monoisotopic (exact) mass is 447 g/mol. The molecule has 2 heterocycles. The first-order chi connectivity index (χ1) is 13.1. The highest BCUT2D eigenvalue weighted by molar-refractivity contribution is 9.10. The van der Waals surface area contributed by atoms with Gasteiger partial charge in [-0.1, -0.05) is 33.8 Å². The molecule has 0 radical (unpaired) electrons. The molecule has 0 unspecified atom stereocenters. The second-order valence-corrected chi connectivity index (χ2v) is 7.45. The van der Waals surface area contributed by atoms with Gasteiger partial charge < -0.3 is 9.64 Å². The van der Waals surface area contributed by atoms with Crippen molar-refractivity contribution < 1.29 is 9.53 Å². The number of thioether (sulfide) groups is 1. The number of nitrogens with zero attached hydrogens (tertiary/aromatic N) is 4. The SMILES string of the molecule is CN(CCOc1ccc(Br)cc1)C(=O)CSc1n[nH]c(-c2ccccn2)n1. The van der Waals surface area contributed by atoms with Crippen LogP contribution in [-0.4, -0.2) is 56.9 Å². The number of carbonyl (C=O) groups is 1. The average Bonchev–Trinajstić information content (AvgIpc) is 3.17. The fraction of sp³-hybridized carbons (Fsp3) is 0.222. The van der Waals surface area contributed by atoms with Crippen LogP contribution in [-0.2, 0) is 4.79 Å². The zero-order valence-electron chi connectivity index (χ0n) is 14.6. The van der Waals surface area contributed by atoms with Gasteiger partial charge in [-0.3, -0.25) is 14.9 Å². The molecule has 3 rings (SSSR count). The minimum absolute atomic E-state index is 0.0106. The molecule has 0 saturated heterocycles. The Morgan fingerprint density at radius 2 is 2.07 bits per heavy atom. The lowest BCUT2D eigenvalue weighted by atomic mass is 10.3. The number of aromatic nitrogens is 4. The summed E-state index contributed by atoms with van der Waals surface area (Å²) in [6, 6.07) is 13.2. The van der Waals surface area contributed by atoms with Crippen LogP contribution in [0.1, 0.15) is 0 Å². The van der Waals surface area contributed by atoms with E-state index >= 15 is 0 Å². The summed E-state index contributed by atoms with van der Waals surface area (Å²) in [6.45, 7) is 0.932. The standard InChI is InChI=1S/C18H18BrN5O2S/c1-24(10-11-26-14-7-5-13(19)6-8-14)16(25)12-27-18-21-17(22-23-18)15-4-2-3-9-20-15/h2-9H,10-12H2,1H3,(H,21,22,23). The lowest BCUT2D eigenvalue weighted by molar-refractivity contribution is -0.127. The van der Waals surface area contributed by atoms with Gasteiger partial charge in [0.15, 0.2) is 5.82 Å². The normalized spacial score (nSPS) is 10.6. The topological polar surface area (TPSA) is 84.0 Å². The molecule has 0 aliphatic heterocycles. The Labute approximate surface area is 169 Å². The molecular formula is C18H18BrN5O2S. The smallest absolute Gasteiger partial charge is 0.232 e. The Balaban J connectivity index is 1.42. The molecule has 0 fully saturated rings. The third-order valence-electron chi connectivity index (χ3n) is 3.63. The number of amides is 1. The van der Waals surface area contributed by atoms with Gasteiger partial charge >= 0.3 is 0 Å². The number of pyridine rings is 1. The van der Waals surface area contributed by atoms with Crippen LogP contribution >= 0.6 is 27.7 Å². The van der Waals surface area contributed by atoms with Crippen LogP contribution in [0.25, 0.3) is 11.5 Å². The number of aromatic amines is 1. The molecule has 0 bridgehead atoms. The van der Waals surface area contributed by atoms with Gasteiger partial charge in [0.25, 0.3) is 0 Å². The molecule has 3 aromatic rings. The molecule has 2 aromatic heterocycles. The van der Waals surface area contributed by atoms with Crippen molar-refractivity contribution in [3.63, 3.8) is 0 Å². The van der Waals surface area contributed by atoms with Crippen LogP contribution in [0.5, 0.6) is 5.75 Å². The lowest BCUT2D eigenvalue weighted by Gasteiger charge is -2.17. The fourth-order valence-electron chi connectivity index (χ4n) is 2.12. The molecule has 7 nitrogen and oxygen atoms in total. The number of nitrogens with one attached hydrogen (secondary N) is 1. The summed E-state index contributed by atoms with van der Waals surface area (Å²) < 4.78 is 6.64. The van der Waals surface area contributed by atoms with E-state index in [9.17, 15) is 4.79 Å². The van der Waals surface area contributed by atoms with Crippen LogP contribution in [0, 0.1) is 0 Å². The number of rotatable bonds is 8. The summed E-state index contributed by atoms with van der Waals surface area (Å²) in [5.41, 5.74) is 0.713. The van der Waals surface area contributed by atoms with Gasteiger partial charge in [-0.25, -0.2) is 0 Å². The van der Waals surface area contributed by atoms with E-state index in [1.807, 2.05) is 42.5 Å². The summed E-state index contributed by atoms with van der Waals surface area (Å²) >= 11 is 4.67. The molecule has 9 heteroatoms. The van der Waals surface area contributed by atoms with E-state index in [1.54, 1.807) is 18.1 Å². The quantitative estimate of drug-likeness (QED) is 0.533. The Morgan fingerprint density at radius 1 is 1.26 bits per heavy atom. The van der Waals surface area contributed by atoms with E-state index in [0.717, 1.165) is 10.2 Å². The lowest BCUT2D eigenvalue weighted by Crippen LogP contribution is -2.32. The van der Waals surface area contributed by atoms with Crippen molar-refractivity contribution in [2.45, 2.75) is 5.16 Å². The molecule has 140 valence electrons. The summed E-state index contributed by atoms with van der Waals surface area (Å²) in [5.74, 6) is 1.61. The fourth-order valence-corrected chi connectivity index (χ4v) is 3.12. The van der Waals surface area contributed by atoms with Crippen LogP contribution in [0.4, 0.5) is 0 Å². The third kappa shape index (κ3) is 5.80. The highest BCUT2D eigenvalue weighted by Crippen LogP contribution is 2.18. The van der Waals surface area contributed by atoms with E-state index in [1.165, 1.54) is 11.8 Å². The van der Waals surface area contributed by atoms with Crippen molar-refractivity contribution in [3.05, 3.63) is 53.1 Å². The number of likely N-dealkylation sites (N-methyl/N-ethyl adjacent to an activating group) is 1. The van der Waals surface area contributed by atoms with E-state index in [-0.39, 0.29) is 11.7 Å². The van der Waals surface area contributed by atoms with E-state index in [0.29, 0.717) is 29.8 Å². The zero-order chi connectivity index (χ0) is 19.1. The molecule has 1 amide bonds. The second-order valence-electron chi connectivity index (χ2n) is 5.59. The molecule has 0 spiro atoms. The highest BCUT2D eigenvalue weighted by Gasteiger charge is 2.12. The molecule has 0 aliphatic rings. The van der Waals surface area contributed by atoms with Gasteiger partial charge in [0, 0.05) is 17.7 Å². The van der Waals surface area contributed by atoms with E-state index < -0.39 is 0 Å². The van der Waals surface area contributed by atoms with E-state index in [2.05, 4.69) is 36.1 Å². The Hall–Kier alpha value is -2.39. The van der Waals surface area contributed by atoms with Crippen molar-refractivity contribution in [2.24, 2.45) is 0 Å². The van der Waals surface area contributed by atoms with Gasteiger partial charge in [-0.2, -0.15) is 4.98 Å². The van der Waals surface area contributed by atoms with Gasteiger partial charge in [0.05, 0.1) is 12.3 Å². The maximum atomic E-state index is 12.2. The predicted octanol–water partition coefficient (Wildman–Crippen LogP) is 3.26. The number of benzene rings is 1. The average molecular weight is 448 g/mol. The number of H-pyrrole nitrogens is 1. The van der Waals surface area contributed by atoms with Gasteiger partial charge in [-0.05, 0) is 36.4 Å². The summed E-state index contributed by atoms with van der Waals surface area (Å²) in [6.07, 6.45) is 1.69.